The molecule has 0 aliphatic carbocycles. The number of hydrogen-bond donors (Lipinski definition) is 0. The van der Waals surface area contributed by atoms with Crippen LogP contribution in [-0.2, 0) is 0 Å². The summed E-state index contributed by atoms with van der Waals surface area (Å²) in [6.07, 6.45) is 11.1. The summed E-state index contributed by atoms with van der Waals surface area (Å²) in [7, 11) is -0.681. The van der Waals surface area contributed by atoms with Crippen molar-refractivity contribution in [2.45, 2.75) is 49.9 Å². The highest BCUT2D eigenvalue weighted by atomic mass is 28.3. The number of allylic oxidation sites excluding steroid dienone is 2. The van der Waals surface area contributed by atoms with Gasteiger partial charge in [0.1, 0.15) is 0 Å². The Kier molecular flexibility index (Phi) is 2.17. The summed E-state index contributed by atoms with van der Waals surface area (Å²) >= 11 is 0. The fourth-order valence-corrected chi connectivity index (χ4v) is 7.20. The molecule has 0 aromatic heterocycles. The molecule has 62 valence electrons. The van der Waals surface area contributed by atoms with Crippen molar-refractivity contribution in [1.82, 2.24) is 0 Å². The van der Waals surface area contributed by atoms with Gasteiger partial charge in [0.25, 0.3) is 0 Å². The first kappa shape index (κ1) is 7.60. The SMILES string of the molecule is C1=CC[Si]2(C1)CCCCCC2. The lowest BCUT2D eigenvalue weighted by molar-refractivity contribution is 0.720. The second-order valence-electron chi connectivity index (χ2n) is 4.29. The highest BCUT2D eigenvalue weighted by Crippen LogP contribution is 2.37. The lowest BCUT2D eigenvalue weighted by atomic mass is 10.2. The van der Waals surface area contributed by atoms with E-state index in [1.165, 1.54) is 24.9 Å². The van der Waals surface area contributed by atoms with Crippen molar-refractivity contribution in [1.29, 1.82) is 0 Å². The zero-order chi connectivity index (χ0) is 7.57. The van der Waals surface area contributed by atoms with Crippen molar-refractivity contribution in [2.75, 3.05) is 0 Å². The molecule has 0 unspecified atom stereocenters. The molecule has 1 fully saturated rings. The van der Waals surface area contributed by atoms with E-state index in [4.69, 9.17) is 0 Å². The fourth-order valence-electron chi connectivity index (χ4n) is 2.64. The minimum atomic E-state index is -0.681. The Morgan fingerprint density at radius 3 is 1.82 bits per heavy atom. The van der Waals surface area contributed by atoms with Crippen molar-refractivity contribution in [3.05, 3.63) is 12.2 Å². The fraction of sp³-hybridized carbons (Fsp3) is 0.800. The van der Waals surface area contributed by atoms with Crippen LogP contribution in [-0.4, -0.2) is 8.07 Å². The third-order valence-electron chi connectivity index (χ3n) is 3.43. The number of rotatable bonds is 0. The van der Waals surface area contributed by atoms with Crippen molar-refractivity contribution in [3.63, 3.8) is 0 Å². The monoisotopic (exact) mass is 166 g/mol. The molecule has 0 aromatic carbocycles. The van der Waals surface area contributed by atoms with E-state index < -0.39 is 8.07 Å². The first-order valence-electron chi connectivity index (χ1n) is 5.06. The van der Waals surface area contributed by atoms with Gasteiger partial charge in [0.05, 0.1) is 8.07 Å². The van der Waals surface area contributed by atoms with Crippen molar-refractivity contribution in [3.8, 4) is 0 Å². The molecule has 0 amide bonds. The molecular weight excluding hydrogens is 148 g/mol. The Morgan fingerprint density at radius 1 is 0.727 bits per heavy atom. The van der Waals surface area contributed by atoms with Crippen LogP contribution in [0.4, 0.5) is 0 Å². The summed E-state index contributed by atoms with van der Waals surface area (Å²) in [5.41, 5.74) is 0. The summed E-state index contributed by atoms with van der Waals surface area (Å²) in [4.78, 5) is 0. The van der Waals surface area contributed by atoms with E-state index in [0.29, 0.717) is 0 Å². The predicted octanol–water partition coefficient (Wildman–Crippen LogP) is 3.58. The van der Waals surface area contributed by atoms with Crippen molar-refractivity contribution >= 4 is 8.07 Å². The smallest absolute Gasteiger partial charge is 0.0610 e. The van der Waals surface area contributed by atoms with E-state index in [0.717, 1.165) is 0 Å². The van der Waals surface area contributed by atoms with Gasteiger partial charge in [-0.25, -0.2) is 0 Å². The Balaban J connectivity index is 1.99. The van der Waals surface area contributed by atoms with Crippen molar-refractivity contribution in [2.24, 2.45) is 0 Å². The molecule has 2 heterocycles. The maximum atomic E-state index is 2.46. The maximum Gasteiger partial charge on any atom is 0.0610 e. The van der Waals surface area contributed by atoms with Crippen LogP contribution in [0.25, 0.3) is 0 Å². The molecule has 2 aliphatic heterocycles. The zero-order valence-electron chi connectivity index (χ0n) is 7.31. The standard InChI is InChI=1S/C10H18Si/c1-2-4-8-11(7-3-1)9-5-6-10-11/h5-6H,1-4,7-10H2. The van der Waals surface area contributed by atoms with Gasteiger partial charge in [0.2, 0.25) is 0 Å². The topological polar surface area (TPSA) is 0 Å². The molecule has 0 N–H and O–H groups in total. The van der Waals surface area contributed by atoms with Gasteiger partial charge in [-0.05, 0) is 12.1 Å². The average molecular weight is 166 g/mol. The number of hydrogen-bond acceptors (Lipinski definition) is 0. The Morgan fingerprint density at radius 2 is 1.27 bits per heavy atom. The molecular formula is C10H18Si. The maximum absolute atomic E-state index is 2.46. The molecule has 1 spiro atoms. The molecule has 1 heteroatoms. The first-order valence-corrected chi connectivity index (χ1v) is 7.89. The van der Waals surface area contributed by atoms with Crippen LogP contribution in [0, 0.1) is 0 Å². The largest absolute Gasteiger partial charge is 0.0915 e. The van der Waals surface area contributed by atoms with Crippen LogP contribution in [0.2, 0.25) is 24.2 Å². The van der Waals surface area contributed by atoms with Crippen LogP contribution in [0.15, 0.2) is 12.2 Å². The summed E-state index contributed by atoms with van der Waals surface area (Å²) in [6, 6.07) is 6.32. The first-order chi connectivity index (χ1) is 5.41. The van der Waals surface area contributed by atoms with Gasteiger partial charge in [0.15, 0.2) is 0 Å². The molecule has 0 saturated carbocycles. The third kappa shape index (κ3) is 1.58. The normalized spacial score (nSPS) is 29.1. The van der Waals surface area contributed by atoms with Gasteiger partial charge in [-0.1, -0.05) is 49.9 Å². The lowest BCUT2D eigenvalue weighted by Crippen LogP contribution is -2.28. The van der Waals surface area contributed by atoms with Crippen LogP contribution >= 0.6 is 0 Å². The minimum Gasteiger partial charge on any atom is -0.0915 e. The second-order valence-corrected chi connectivity index (χ2v) is 9.11. The van der Waals surface area contributed by atoms with Gasteiger partial charge >= 0.3 is 0 Å². The molecule has 0 radical (unpaired) electrons. The molecule has 1 saturated heterocycles. The summed E-state index contributed by atoms with van der Waals surface area (Å²) in [5, 5.41) is 0. The summed E-state index contributed by atoms with van der Waals surface area (Å²) in [5.74, 6) is 0. The second kappa shape index (κ2) is 3.14. The van der Waals surface area contributed by atoms with E-state index in [9.17, 15) is 0 Å². The zero-order valence-corrected chi connectivity index (χ0v) is 8.31. The lowest BCUT2D eigenvalue weighted by Gasteiger charge is -2.24. The van der Waals surface area contributed by atoms with E-state index >= 15 is 0 Å². The van der Waals surface area contributed by atoms with E-state index in [1.807, 2.05) is 0 Å². The highest BCUT2D eigenvalue weighted by molar-refractivity contribution is 6.81. The Bertz CT molecular complexity index is 142. The van der Waals surface area contributed by atoms with Gasteiger partial charge in [-0.2, -0.15) is 0 Å². The highest BCUT2D eigenvalue weighted by Gasteiger charge is 2.33. The average Bonchev–Trinajstić information content (AvgIpc) is 2.32. The summed E-state index contributed by atoms with van der Waals surface area (Å²) < 4.78 is 0. The molecule has 0 atom stereocenters. The van der Waals surface area contributed by atoms with Crippen LogP contribution in [0.5, 0.6) is 0 Å². The van der Waals surface area contributed by atoms with E-state index in [-0.39, 0.29) is 0 Å². The van der Waals surface area contributed by atoms with Gasteiger partial charge in [0, 0.05) is 0 Å². The quantitative estimate of drug-likeness (QED) is 0.381. The molecule has 0 bridgehead atoms. The van der Waals surface area contributed by atoms with Crippen LogP contribution < -0.4 is 0 Å². The third-order valence-corrected chi connectivity index (χ3v) is 8.46. The Labute approximate surface area is 70.7 Å². The molecule has 2 aliphatic rings. The molecule has 0 aromatic rings. The van der Waals surface area contributed by atoms with E-state index in [1.54, 1.807) is 24.9 Å². The van der Waals surface area contributed by atoms with Crippen LogP contribution in [0.1, 0.15) is 25.7 Å². The van der Waals surface area contributed by atoms with Gasteiger partial charge < -0.3 is 0 Å². The van der Waals surface area contributed by atoms with Gasteiger partial charge in [-0.3, -0.25) is 0 Å². The van der Waals surface area contributed by atoms with Crippen LogP contribution in [0.3, 0.4) is 0 Å². The Hall–Kier alpha value is -0.0431. The van der Waals surface area contributed by atoms with E-state index in [2.05, 4.69) is 12.2 Å². The summed E-state index contributed by atoms with van der Waals surface area (Å²) in [6.45, 7) is 0. The molecule has 11 heavy (non-hydrogen) atoms. The molecule has 0 nitrogen and oxygen atoms in total. The van der Waals surface area contributed by atoms with Gasteiger partial charge in [-0.15, -0.1) is 0 Å². The minimum absolute atomic E-state index is 0.681. The molecule has 2 rings (SSSR count). The van der Waals surface area contributed by atoms with Crippen molar-refractivity contribution < 1.29 is 0 Å². The predicted molar refractivity (Wildman–Crippen MR) is 52.6 cm³/mol.